The topological polar surface area (TPSA) is 42.0 Å². The van der Waals surface area contributed by atoms with Crippen molar-refractivity contribution in [2.75, 3.05) is 0 Å². The lowest BCUT2D eigenvalue weighted by Crippen LogP contribution is -2.32. The second-order valence-corrected chi connectivity index (χ2v) is 8.29. The summed E-state index contributed by atoms with van der Waals surface area (Å²) < 4.78 is 0. The molecule has 0 bridgehead atoms. The number of benzene rings is 2. The third kappa shape index (κ3) is 6.14. The summed E-state index contributed by atoms with van der Waals surface area (Å²) in [5.74, 6) is -0.0224. The lowest BCUT2D eigenvalue weighted by Gasteiger charge is -2.16. The Morgan fingerprint density at radius 2 is 1.97 bits per heavy atom. The summed E-state index contributed by atoms with van der Waals surface area (Å²) in [4.78, 5) is 17.0. The van der Waals surface area contributed by atoms with Crippen molar-refractivity contribution in [2.24, 2.45) is 0 Å². The lowest BCUT2D eigenvalue weighted by atomic mass is 9.93. The van der Waals surface area contributed by atoms with Crippen molar-refractivity contribution in [2.45, 2.75) is 52.5 Å². The first kappa shape index (κ1) is 22.5. The van der Waals surface area contributed by atoms with E-state index in [9.17, 15) is 4.79 Å². The fourth-order valence-corrected chi connectivity index (χ4v) is 3.79. The number of nitrogens with zero attached hydrogens (tertiary/aromatic N) is 1. The minimum Gasteiger partial charge on any atom is -0.350 e. The van der Waals surface area contributed by atoms with Crippen LogP contribution in [0.3, 0.4) is 0 Å². The average molecular weight is 413 g/mol. The van der Waals surface area contributed by atoms with E-state index in [1.54, 1.807) is 6.20 Å². The Morgan fingerprint density at radius 1 is 1.13 bits per heavy atom. The molecule has 1 heterocycles. The fraction of sp³-hybridized carbons (Fsp3) is 0.286. The summed E-state index contributed by atoms with van der Waals surface area (Å²) >= 11 is 0. The van der Waals surface area contributed by atoms with Gasteiger partial charge in [0.25, 0.3) is 5.91 Å². The van der Waals surface area contributed by atoms with Gasteiger partial charge in [0, 0.05) is 24.0 Å². The molecule has 0 radical (unpaired) electrons. The molecule has 3 rings (SSSR count). The highest BCUT2D eigenvalue weighted by atomic mass is 16.1. The Morgan fingerprint density at radius 3 is 2.68 bits per heavy atom. The van der Waals surface area contributed by atoms with Crippen molar-refractivity contribution in [3.05, 3.63) is 101 Å². The molecule has 3 nitrogen and oxygen atoms in total. The van der Waals surface area contributed by atoms with Crippen LogP contribution in [-0.4, -0.2) is 16.9 Å². The number of carbonyl (C=O) groups is 1. The predicted octanol–water partition coefficient (Wildman–Crippen LogP) is 6.24. The highest BCUT2D eigenvalue weighted by Crippen LogP contribution is 2.27. The maximum absolute atomic E-state index is 12.8. The van der Waals surface area contributed by atoms with Gasteiger partial charge in [-0.05, 0) is 98.0 Å². The zero-order valence-corrected chi connectivity index (χ0v) is 18.8. The molecule has 1 amide bonds. The van der Waals surface area contributed by atoms with Gasteiger partial charge >= 0.3 is 0 Å². The van der Waals surface area contributed by atoms with Crippen LogP contribution in [0.2, 0.25) is 0 Å². The van der Waals surface area contributed by atoms with Gasteiger partial charge in [0.2, 0.25) is 0 Å². The van der Waals surface area contributed by atoms with Crippen LogP contribution in [0.15, 0.2) is 73.6 Å². The normalized spacial score (nSPS) is 11.7. The van der Waals surface area contributed by atoms with E-state index in [2.05, 4.69) is 68.0 Å². The third-order valence-corrected chi connectivity index (χ3v) is 5.75. The lowest BCUT2D eigenvalue weighted by molar-refractivity contribution is 0.0938. The second-order valence-electron chi connectivity index (χ2n) is 8.29. The number of allylic oxidation sites excluding steroid dienone is 1. The number of hydrogen-bond acceptors (Lipinski definition) is 2. The average Bonchev–Trinajstić information content (AvgIpc) is 2.76. The SMILES string of the molecule is C=CCc1cc(C(=O)NC(C)CCCc2cccnc2)ccc1-c1ccc(C)c(C)c1. The minimum absolute atomic E-state index is 0.0224. The smallest absolute Gasteiger partial charge is 0.251 e. The molecule has 0 aliphatic heterocycles. The van der Waals surface area contributed by atoms with Gasteiger partial charge in [-0.2, -0.15) is 0 Å². The molecule has 1 unspecified atom stereocenters. The molecular formula is C28H32N2O. The summed E-state index contributed by atoms with van der Waals surface area (Å²) in [7, 11) is 0. The van der Waals surface area contributed by atoms with Crippen LogP contribution in [0.5, 0.6) is 0 Å². The Bertz CT molecular complexity index is 1040. The Balaban J connectivity index is 1.67. The van der Waals surface area contributed by atoms with Crippen molar-refractivity contribution in [3.8, 4) is 11.1 Å². The number of aromatic nitrogens is 1. The molecule has 1 aromatic heterocycles. The van der Waals surface area contributed by atoms with Crippen molar-refractivity contribution >= 4 is 5.91 Å². The molecule has 3 aromatic rings. The number of nitrogens with one attached hydrogen (secondary N) is 1. The quantitative estimate of drug-likeness (QED) is 0.423. The van der Waals surface area contributed by atoms with E-state index in [0.717, 1.165) is 36.8 Å². The van der Waals surface area contributed by atoms with Gasteiger partial charge < -0.3 is 5.32 Å². The number of aryl methyl sites for hydroxylation is 3. The molecule has 0 spiro atoms. The highest BCUT2D eigenvalue weighted by Gasteiger charge is 2.13. The first-order chi connectivity index (χ1) is 15.0. The number of carbonyl (C=O) groups excluding carboxylic acids is 1. The fourth-order valence-electron chi connectivity index (χ4n) is 3.79. The van der Waals surface area contributed by atoms with Crippen LogP contribution < -0.4 is 5.32 Å². The number of hydrogen-bond donors (Lipinski definition) is 1. The van der Waals surface area contributed by atoms with Crippen molar-refractivity contribution in [3.63, 3.8) is 0 Å². The minimum atomic E-state index is -0.0224. The zero-order chi connectivity index (χ0) is 22.2. The maximum atomic E-state index is 12.8. The third-order valence-electron chi connectivity index (χ3n) is 5.75. The maximum Gasteiger partial charge on any atom is 0.251 e. The van der Waals surface area contributed by atoms with Gasteiger partial charge in [-0.15, -0.1) is 6.58 Å². The number of pyridine rings is 1. The molecule has 0 fully saturated rings. The Kier molecular flexibility index (Phi) is 7.77. The summed E-state index contributed by atoms with van der Waals surface area (Å²) in [6, 6.07) is 16.7. The van der Waals surface area contributed by atoms with Gasteiger partial charge in [0.05, 0.1) is 0 Å². The van der Waals surface area contributed by atoms with Crippen molar-refractivity contribution in [1.29, 1.82) is 0 Å². The molecule has 0 aliphatic carbocycles. The number of amides is 1. The largest absolute Gasteiger partial charge is 0.350 e. The molecule has 31 heavy (non-hydrogen) atoms. The first-order valence-electron chi connectivity index (χ1n) is 11.0. The van der Waals surface area contributed by atoms with Gasteiger partial charge in [0.15, 0.2) is 0 Å². The molecule has 2 aromatic carbocycles. The molecule has 0 aliphatic rings. The summed E-state index contributed by atoms with van der Waals surface area (Å²) in [6.07, 6.45) is 9.23. The van der Waals surface area contributed by atoms with Crippen molar-refractivity contribution < 1.29 is 4.79 Å². The summed E-state index contributed by atoms with van der Waals surface area (Å²) in [5.41, 5.74) is 7.93. The van der Waals surface area contributed by atoms with E-state index in [0.29, 0.717) is 5.56 Å². The van der Waals surface area contributed by atoms with E-state index < -0.39 is 0 Å². The molecular weight excluding hydrogens is 380 g/mol. The van der Waals surface area contributed by atoms with Gasteiger partial charge in [-0.25, -0.2) is 0 Å². The zero-order valence-electron chi connectivity index (χ0n) is 18.8. The van der Waals surface area contributed by atoms with Crippen molar-refractivity contribution in [1.82, 2.24) is 10.3 Å². The van der Waals surface area contributed by atoms with E-state index in [4.69, 9.17) is 0 Å². The van der Waals surface area contributed by atoms with Crippen LogP contribution >= 0.6 is 0 Å². The van der Waals surface area contributed by atoms with E-state index >= 15 is 0 Å². The van der Waals surface area contributed by atoms with Crippen LogP contribution in [-0.2, 0) is 12.8 Å². The Hall–Kier alpha value is -3.20. The molecule has 3 heteroatoms. The first-order valence-corrected chi connectivity index (χ1v) is 11.0. The molecule has 0 saturated carbocycles. The molecule has 0 saturated heterocycles. The van der Waals surface area contributed by atoms with Gasteiger partial charge in [0.1, 0.15) is 0 Å². The Labute approximate surface area is 186 Å². The van der Waals surface area contributed by atoms with E-state index in [-0.39, 0.29) is 11.9 Å². The number of rotatable bonds is 9. The van der Waals surface area contributed by atoms with Crippen LogP contribution in [0, 0.1) is 13.8 Å². The highest BCUT2D eigenvalue weighted by molar-refractivity contribution is 5.95. The summed E-state index contributed by atoms with van der Waals surface area (Å²) in [5, 5.41) is 3.15. The predicted molar refractivity (Wildman–Crippen MR) is 129 cm³/mol. The molecule has 1 atom stereocenters. The van der Waals surface area contributed by atoms with Crippen LogP contribution in [0.1, 0.15) is 52.4 Å². The second kappa shape index (κ2) is 10.7. The van der Waals surface area contributed by atoms with Crippen LogP contribution in [0.4, 0.5) is 0 Å². The molecule has 1 N–H and O–H groups in total. The van der Waals surface area contributed by atoms with E-state index in [1.807, 2.05) is 30.5 Å². The monoisotopic (exact) mass is 412 g/mol. The van der Waals surface area contributed by atoms with Gasteiger partial charge in [-0.3, -0.25) is 9.78 Å². The molecule has 160 valence electrons. The van der Waals surface area contributed by atoms with Crippen LogP contribution in [0.25, 0.3) is 11.1 Å². The summed E-state index contributed by atoms with van der Waals surface area (Å²) in [6.45, 7) is 10.2. The van der Waals surface area contributed by atoms with E-state index in [1.165, 1.54) is 22.3 Å². The standard InChI is InChI=1S/C28H32N2O/c1-5-8-24-18-26(14-15-27(24)25-13-12-20(2)21(3)17-25)28(31)30-22(4)9-6-10-23-11-7-16-29-19-23/h5,7,11-19,22H,1,6,8-10H2,2-4H3,(H,30,31). The van der Waals surface area contributed by atoms with Gasteiger partial charge in [-0.1, -0.05) is 36.4 Å².